The molecule has 0 aliphatic rings. The second-order valence-corrected chi connectivity index (χ2v) is 3.63. The van der Waals surface area contributed by atoms with E-state index < -0.39 is 4.92 Å². The Labute approximate surface area is 101 Å². The van der Waals surface area contributed by atoms with Crippen molar-refractivity contribution in [3.63, 3.8) is 0 Å². The highest BCUT2D eigenvalue weighted by atomic mass is 16.6. The summed E-state index contributed by atoms with van der Waals surface area (Å²) in [6.07, 6.45) is 6.34. The van der Waals surface area contributed by atoms with Gasteiger partial charge >= 0.3 is 0 Å². The molecule has 7 nitrogen and oxygen atoms in total. The van der Waals surface area contributed by atoms with E-state index in [1.807, 2.05) is 0 Å². The summed E-state index contributed by atoms with van der Waals surface area (Å²) < 4.78 is 1.69. The SMILES string of the molecule is O=[N+]([O-])c1ccc2ncnc(-n3ccnc3)c2c1. The van der Waals surface area contributed by atoms with E-state index in [0.717, 1.165) is 0 Å². The van der Waals surface area contributed by atoms with Crippen molar-refractivity contribution in [2.45, 2.75) is 0 Å². The van der Waals surface area contributed by atoms with Gasteiger partial charge in [-0.15, -0.1) is 0 Å². The predicted octanol–water partition coefficient (Wildman–Crippen LogP) is 1.72. The molecule has 2 aromatic heterocycles. The highest BCUT2D eigenvalue weighted by molar-refractivity contribution is 5.87. The predicted molar refractivity (Wildman–Crippen MR) is 63.3 cm³/mol. The van der Waals surface area contributed by atoms with Crippen molar-refractivity contribution in [2.24, 2.45) is 0 Å². The van der Waals surface area contributed by atoms with Gasteiger partial charge < -0.3 is 0 Å². The topological polar surface area (TPSA) is 86.7 Å². The number of aromatic nitrogens is 4. The molecule has 0 spiro atoms. The number of nitro groups is 1. The van der Waals surface area contributed by atoms with Crippen molar-refractivity contribution >= 4 is 16.6 Å². The monoisotopic (exact) mass is 241 g/mol. The van der Waals surface area contributed by atoms with E-state index in [9.17, 15) is 10.1 Å². The molecule has 0 amide bonds. The quantitative estimate of drug-likeness (QED) is 0.503. The van der Waals surface area contributed by atoms with Crippen molar-refractivity contribution in [1.29, 1.82) is 0 Å². The standard InChI is InChI=1S/C11H7N5O2/c17-16(18)8-1-2-10-9(5-8)11(14-6-13-10)15-4-3-12-7-15/h1-7H. The first-order chi connectivity index (χ1) is 8.75. The molecule has 0 bridgehead atoms. The van der Waals surface area contributed by atoms with Crippen LogP contribution in [0, 0.1) is 10.1 Å². The number of hydrogen-bond donors (Lipinski definition) is 0. The highest BCUT2D eigenvalue weighted by Gasteiger charge is 2.11. The summed E-state index contributed by atoms with van der Waals surface area (Å²) in [6, 6.07) is 4.49. The van der Waals surface area contributed by atoms with Crippen LogP contribution in [0.1, 0.15) is 0 Å². The molecule has 0 saturated carbocycles. The molecule has 3 rings (SSSR count). The number of nitrogens with zero attached hydrogens (tertiary/aromatic N) is 5. The van der Waals surface area contributed by atoms with E-state index in [-0.39, 0.29) is 5.69 Å². The van der Waals surface area contributed by atoms with Gasteiger partial charge in [0.05, 0.1) is 15.8 Å². The molecule has 7 heteroatoms. The zero-order valence-corrected chi connectivity index (χ0v) is 9.09. The van der Waals surface area contributed by atoms with Crippen molar-refractivity contribution < 1.29 is 4.92 Å². The van der Waals surface area contributed by atoms with Gasteiger partial charge in [0.15, 0.2) is 0 Å². The van der Waals surface area contributed by atoms with Gasteiger partial charge in [-0.25, -0.2) is 15.0 Å². The lowest BCUT2D eigenvalue weighted by Crippen LogP contribution is -1.98. The van der Waals surface area contributed by atoms with Crippen LogP contribution in [-0.4, -0.2) is 24.4 Å². The molecule has 0 aliphatic heterocycles. The molecular weight excluding hydrogens is 234 g/mol. The lowest BCUT2D eigenvalue weighted by atomic mass is 10.2. The van der Waals surface area contributed by atoms with Crippen molar-refractivity contribution in [1.82, 2.24) is 19.5 Å². The summed E-state index contributed by atoms with van der Waals surface area (Å²) in [5.41, 5.74) is 0.665. The molecule has 0 radical (unpaired) electrons. The second kappa shape index (κ2) is 3.88. The third-order valence-electron chi connectivity index (χ3n) is 2.56. The average Bonchev–Trinajstić information content (AvgIpc) is 2.91. The van der Waals surface area contributed by atoms with Crippen molar-refractivity contribution in [2.75, 3.05) is 0 Å². The number of hydrogen-bond acceptors (Lipinski definition) is 5. The number of benzene rings is 1. The maximum atomic E-state index is 10.8. The van der Waals surface area contributed by atoms with E-state index >= 15 is 0 Å². The number of non-ortho nitro benzene ring substituents is 1. The van der Waals surface area contributed by atoms with Crippen LogP contribution < -0.4 is 0 Å². The maximum Gasteiger partial charge on any atom is 0.270 e. The summed E-state index contributed by atoms with van der Waals surface area (Å²) >= 11 is 0. The third kappa shape index (κ3) is 1.58. The van der Waals surface area contributed by atoms with Gasteiger partial charge in [-0.1, -0.05) is 0 Å². The van der Waals surface area contributed by atoms with Crippen LogP contribution in [0.5, 0.6) is 0 Å². The zero-order chi connectivity index (χ0) is 12.5. The smallest absolute Gasteiger partial charge is 0.270 e. The molecule has 3 aromatic rings. The Bertz CT molecular complexity index is 723. The van der Waals surface area contributed by atoms with Crippen LogP contribution in [0.3, 0.4) is 0 Å². The van der Waals surface area contributed by atoms with E-state index in [1.54, 1.807) is 29.4 Å². The molecule has 0 atom stereocenters. The minimum atomic E-state index is -0.440. The molecule has 0 saturated heterocycles. The molecule has 0 unspecified atom stereocenters. The minimum Gasteiger partial charge on any atom is -0.290 e. The molecule has 1 aromatic carbocycles. The normalized spacial score (nSPS) is 10.7. The lowest BCUT2D eigenvalue weighted by molar-refractivity contribution is -0.384. The first-order valence-electron chi connectivity index (χ1n) is 5.13. The Morgan fingerprint density at radius 3 is 2.89 bits per heavy atom. The number of fused-ring (bicyclic) bond motifs is 1. The molecule has 0 aliphatic carbocycles. The van der Waals surface area contributed by atoms with Crippen LogP contribution in [-0.2, 0) is 0 Å². The number of rotatable bonds is 2. The fraction of sp³-hybridized carbons (Fsp3) is 0. The van der Waals surface area contributed by atoms with Gasteiger partial charge in [0.1, 0.15) is 18.5 Å². The van der Waals surface area contributed by atoms with E-state index in [4.69, 9.17) is 0 Å². The molecule has 18 heavy (non-hydrogen) atoms. The Balaban J connectivity index is 2.31. The highest BCUT2D eigenvalue weighted by Crippen LogP contribution is 2.23. The van der Waals surface area contributed by atoms with Crippen molar-refractivity contribution in [3.05, 3.63) is 53.4 Å². The zero-order valence-electron chi connectivity index (χ0n) is 9.09. The summed E-state index contributed by atoms with van der Waals surface area (Å²) in [5.74, 6) is 0.571. The molecule has 88 valence electrons. The lowest BCUT2D eigenvalue weighted by Gasteiger charge is -2.04. The van der Waals surface area contributed by atoms with Gasteiger partial charge in [-0.05, 0) is 6.07 Å². The van der Waals surface area contributed by atoms with Crippen LogP contribution in [0.2, 0.25) is 0 Å². The largest absolute Gasteiger partial charge is 0.290 e. The molecule has 0 fully saturated rings. The first kappa shape index (κ1) is 10.3. The summed E-state index contributed by atoms with van der Waals surface area (Å²) in [7, 11) is 0. The molecular formula is C11H7N5O2. The minimum absolute atomic E-state index is 0.0127. The Hall–Kier alpha value is -2.83. The third-order valence-corrected chi connectivity index (χ3v) is 2.56. The average molecular weight is 241 g/mol. The van der Waals surface area contributed by atoms with Gasteiger partial charge in [0.25, 0.3) is 5.69 Å². The molecule has 0 N–H and O–H groups in total. The summed E-state index contributed by atoms with van der Waals surface area (Å²) in [4.78, 5) is 22.5. The van der Waals surface area contributed by atoms with Gasteiger partial charge in [-0.3, -0.25) is 14.7 Å². The summed E-state index contributed by atoms with van der Waals surface area (Å²) in [6.45, 7) is 0. The van der Waals surface area contributed by atoms with Gasteiger partial charge in [0, 0.05) is 24.5 Å². The Kier molecular flexibility index (Phi) is 2.23. The van der Waals surface area contributed by atoms with Gasteiger partial charge in [0.2, 0.25) is 0 Å². The first-order valence-corrected chi connectivity index (χ1v) is 5.13. The van der Waals surface area contributed by atoms with Crippen molar-refractivity contribution in [3.8, 4) is 5.82 Å². The van der Waals surface area contributed by atoms with Gasteiger partial charge in [-0.2, -0.15) is 0 Å². The fourth-order valence-corrected chi connectivity index (χ4v) is 1.73. The van der Waals surface area contributed by atoms with Crippen LogP contribution in [0.15, 0.2) is 43.2 Å². The number of nitro benzene ring substituents is 1. The van der Waals surface area contributed by atoms with Crippen LogP contribution in [0.4, 0.5) is 5.69 Å². The number of imidazole rings is 1. The Morgan fingerprint density at radius 1 is 1.28 bits per heavy atom. The Morgan fingerprint density at radius 2 is 2.17 bits per heavy atom. The second-order valence-electron chi connectivity index (χ2n) is 3.63. The van der Waals surface area contributed by atoms with E-state index in [0.29, 0.717) is 16.7 Å². The van der Waals surface area contributed by atoms with Crippen LogP contribution in [0.25, 0.3) is 16.7 Å². The summed E-state index contributed by atoms with van der Waals surface area (Å²) in [5, 5.41) is 11.4. The fourth-order valence-electron chi connectivity index (χ4n) is 1.73. The molecule has 2 heterocycles. The van der Waals surface area contributed by atoms with E-state index in [1.165, 1.54) is 18.5 Å². The van der Waals surface area contributed by atoms with Crippen LogP contribution >= 0.6 is 0 Å². The maximum absolute atomic E-state index is 10.8. The van der Waals surface area contributed by atoms with E-state index in [2.05, 4.69) is 15.0 Å².